The molecule has 0 fully saturated rings. The monoisotopic (exact) mass is 271 g/mol. The van der Waals surface area contributed by atoms with Crippen molar-refractivity contribution in [3.05, 3.63) is 48.3 Å². The number of methoxy groups -OCH3 is 1. The van der Waals surface area contributed by atoms with Crippen molar-refractivity contribution in [2.24, 2.45) is 0 Å². The van der Waals surface area contributed by atoms with Gasteiger partial charge in [-0.25, -0.2) is 0 Å². The van der Waals surface area contributed by atoms with Crippen LogP contribution in [0, 0.1) is 0 Å². The van der Waals surface area contributed by atoms with Gasteiger partial charge >= 0.3 is 0 Å². The Morgan fingerprint density at radius 1 is 1.20 bits per heavy atom. The van der Waals surface area contributed by atoms with E-state index >= 15 is 0 Å². The van der Waals surface area contributed by atoms with Crippen molar-refractivity contribution >= 4 is 11.4 Å². The van der Waals surface area contributed by atoms with Gasteiger partial charge in [-0.05, 0) is 24.7 Å². The molecular weight excluding hydrogens is 250 g/mol. The number of rotatable bonds is 6. The lowest BCUT2D eigenvalue weighted by atomic mass is 10.2. The summed E-state index contributed by atoms with van der Waals surface area (Å²) < 4.78 is 5.44. The fourth-order valence-corrected chi connectivity index (χ4v) is 2.18. The first-order valence-electron chi connectivity index (χ1n) is 6.78. The van der Waals surface area contributed by atoms with E-state index in [0.29, 0.717) is 0 Å². The maximum Gasteiger partial charge on any atom is 0.142 e. The second kappa shape index (κ2) is 6.91. The average molecular weight is 271 g/mol. The second-order valence-electron chi connectivity index (χ2n) is 4.52. The van der Waals surface area contributed by atoms with Crippen LogP contribution in [0.4, 0.5) is 11.4 Å². The number of ether oxygens (including phenoxy) is 1. The van der Waals surface area contributed by atoms with Gasteiger partial charge < -0.3 is 15.0 Å². The number of nitrogens with one attached hydrogen (secondary N) is 1. The van der Waals surface area contributed by atoms with E-state index in [-0.39, 0.29) is 0 Å². The highest BCUT2D eigenvalue weighted by atomic mass is 16.5. The second-order valence-corrected chi connectivity index (χ2v) is 4.52. The molecule has 0 aliphatic carbocycles. The largest absolute Gasteiger partial charge is 0.495 e. The zero-order valence-electron chi connectivity index (χ0n) is 12.3. The molecule has 2 rings (SSSR count). The van der Waals surface area contributed by atoms with Crippen molar-refractivity contribution < 1.29 is 4.74 Å². The zero-order valence-corrected chi connectivity index (χ0v) is 12.3. The molecule has 1 aromatic carbocycles. The van der Waals surface area contributed by atoms with Crippen LogP contribution in [0.2, 0.25) is 0 Å². The van der Waals surface area contributed by atoms with E-state index in [0.717, 1.165) is 30.2 Å². The Labute approximate surface area is 120 Å². The summed E-state index contributed by atoms with van der Waals surface area (Å²) >= 11 is 0. The van der Waals surface area contributed by atoms with Crippen molar-refractivity contribution in [3.63, 3.8) is 0 Å². The molecule has 4 nitrogen and oxygen atoms in total. The van der Waals surface area contributed by atoms with E-state index in [1.807, 2.05) is 43.7 Å². The van der Waals surface area contributed by atoms with Gasteiger partial charge in [0.1, 0.15) is 5.75 Å². The minimum atomic E-state index is 0.805. The molecule has 0 radical (unpaired) electrons. The van der Waals surface area contributed by atoms with Gasteiger partial charge in [0, 0.05) is 37.2 Å². The summed E-state index contributed by atoms with van der Waals surface area (Å²) in [5, 5.41) is 3.34. The Kier molecular flexibility index (Phi) is 4.96. The molecule has 0 bridgehead atoms. The number of nitrogens with zero attached hydrogens (tertiary/aromatic N) is 2. The Morgan fingerprint density at radius 3 is 2.75 bits per heavy atom. The molecule has 0 aliphatic rings. The Bertz CT molecular complexity index is 557. The van der Waals surface area contributed by atoms with E-state index in [9.17, 15) is 0 Å². The van der Waals surface area contributed by atoms with E-state index in [4.69, 9.17) is 4.74 Å². The first-order chi connectivity index (χ1) is 9.77. The number of anilines is 2. The fraction of sp³-hybridized carbons (Fsp3) is 0.312. The molecule has 1 aromatic heterocycles. The van der Waals surface area contributed by atoms with Gasteiger partial charge in [-0.15, -0.1) is 0 Å². The summed E-state index contributed by atoms with van der Waals surface area (Å²) in [7, 11) is 3.74. The molecule has 0 spiro atoms. The van der Waals surface area contributed by atoms with Gasteiger partial charge in [0.05, 0.1) is 12.8 Å². The number of hydrogen-bond donors (Lipinski definition) is 1. The molecule has 2 aromatic rings. The topological polar surface area (TPSA) is 37.4 Å². The smallest absolute Gasteiger partial charge is 0.142 e. The normalized spacial score (nSPS) is 10.3. The first-order valence-corrected chi connectivity index (χ1v) is 6.78. The maximum absolute atomic E-state index is 5.44. The SMILES string of the molecule is CCNCc1cnccc1N(C)c1ccccc1OC. The third-order valence-electron chi connectivity index (χ3n) is 3.25. The van der Waals surface area contributed by atoms with Gasteiger partial charge in [0.15, 0.2) is 0 Å². The zero-order chi connectivity index (χ0) is 14.4. The van der Waals surface area contributed by atoms with Crippen molar-refractivity contribution in [1.29, 1.82) is 0 Å². The number of benzene rings is 1. The summed E-state index contributed by atoms with van der Waals surface area (Å²) in [4.78, 5) is 6.35. The number of para-hydroxylation sites is 2. The molecule has 0 amide bonds. The fourth-order valence-electron chi connectivity index (χ4n) is 2.18. The van der Waals surface area contributed by atoms with E-state index < -0.39 is 0 Å². The van der Waals surface area contributed by atoms with Crippen LogP contribution < -0.4 is 15.0 Å². The van der Waals surface area contributed by atoms with Crippen LogP contribution in [-0.2, 0) is 6.54 Å². The molecule has 20 heavy (non-hydrogen) atoms. The van der Waals surface area contributed by atoms with Crippen LogP contribution >= 0.6 is 0 Å². The highest BCUT2D eigenvalue weighted by Crippen LogP contribution is 2.33. The van der Waals surface area contributed by atoms with Crippen LogP contribution in [0.1, 0.15) is 12.5 Å². The highest BCUT2D eigenvalue weighted by molar-refractivity contribution is 5.70. The van der Waals surface area contributed by atoms with Crippen LogP contribution in [0.3, 0.4) is 0 Å². The summed E-state index contributed by atoms with van der Waals surface area (Å²) in [5.74, 6) is 0.862. The molecule has 1 heterocycles. The number of pyridine rings is 1. The van der Waals surface area contributed by atoms with Crippen LogP contribution in [0.25, 0.3) is 0 Å². The summed E-state index contributed by atoms with van der Waals surface area (Å²) in [6, 6.07) is 10.0. The van der Waals surface area contributed by atoms with Gasteiger partial charge in [0.2, 0.25) is 0 Å². The minimum Gasteiger partial charge on any atom is -0.495 e. The molecule has 4 heteroatoms. The molecule has 0 unspecified atom stereocenters. The summed E-state index contributed by atoms with van der Waals surface area (Å²) in [5.41, 5.74) is 3.34. The predicted molar refractivity (Wildman–Crippen MR) is 82.7 cm³/mol. The van der Waals surface area contributed by atoms with Crippen molar-refractivity contribution in [3.8, 4) is 5.75 Å². The Morgan fingerprint density at radius 2 is 2.00 bits per heavy atom. The molecule has 106 valence electrons. The summed E-state index contributed by atoms with van der Waals surface area (Å²) in [6.45, 7) is 3.84. The first kappa shape index (κ1) is 14.3. The van der Waals surface area contributed by atoms with E-state index in [2.05, 4.69) is 28.2 Å². The quantitative estimate of drug-likeness (QED) is 0.876. The lowest BCUT2D eigenvalue weighted by Crippen LogP contribution is -2.17. The number of hydrogen-bond acceptors (Lipinski definition) is 4. The Balaban J connectivity index is 2.35. The standard InChI is InChI=1S/C16H21N3O/c1-4-17-11-13-12-18-10-9-14(13)19(2)15-7-5-6-8-16(15)20-3/h5-10,12,17H,4,11H2,1-3H3. The van der Waals surface area contributed by atoms with Crippen LogP contribution in [0.5, 0.6) is 5.75 Å². The van der Waals surface area contributed by atoms with Gasteiger partial charge in [-0.3, -0.25) is 4.98 Å². The minimum absolute atomic E-state index is 0.805. The maximum atomic E-state index is 5.44. The van der Waals surface area contributed by atoms with Gasteiger partial charge in [-0.2, -0.15) is 0 Å². The van der Waals surface area contributed by atoms with Crippen molar-refractivity contribution in [2.45, 2.75) is 13.5 Å². The predicted octanol–water partition coefficient (Wildman–Crippen LogP) is 2.97. The van der Waals surface area contributed by atoms with Gasteiger partial charge in [-0.1, -0.05) is 19.1 Å². The molecule has 0 atom stereocenters. The molecule has 0 saturated heterocycles. The average Bonchev–Trinajstić information content (AvgIpc) is 2.52. The molecule has 0 saturated carbocycles. The molecule has 1 N–H and O–H groups in total. The van der Waals surface area contributed by atoms with E-state index in [1.54, 1.807) is 7.11 Å². The lowest BCUT2D eigenvalue weighted by molar-refractivity contribution is 0.415. The summed E-state index contributed by atoms with van der Waals surface area (Å²) in [6.07, 6.45) is 3.72. The van der Waals surface area contributed by atoms with Crippen molar-refractivity contribution in [2.75, 3.05) is 25.6 Å². The molecular formula is C16H21N3O. The highest BCUT2D eigenvalue weighted by Gasteiger charge is 2.12. The third-order valence-corrected chi connectivity index (χ3v) is 3.25. The Hall–Kier alpha value is -2.07. The number of aromatic nitrogens is 1. The van der Waals surface area contributed by atoms with Gasteiger partial charge in [0.25, 0.3) is 0 Å². The van der Waals surface area contributed by atoms with Crippen LogP contribution in [0.15, 0.2) is 42.7 Å². The third kappa shape index (κ3) is 3.08. The lowest BCUT2D eigenvalue weighted by Gasteiger charge is -2.24. The molecule has 0 aliphatic heterocycles. The van der Waals surface area contributed by atoms with Crippen molar-refractivity contribution in [1.82, 2.24) is 10.3 Å². The van der Waals surface area contributed by atoms with Crippen LogP contribution in [-0.4, -0.2) is 25.7 Å². The van der Waals surface area contributed by atoms with E-state index in [1.165, 1.54) is 5.56 Å².